The Hall–Kier alpha value is -1.99. The molecule has 1 saturated heterocycles. The number of benzene rings is 1. The topological polar surface area (TPSA) is 71.9 Å². The molecule has 7 heteroatoms. The van der Waals surface area contributed by atoms with Crippen LogP contribution in [0.25, 0.3) is 11.4 Å². The number of H-pyrrole nitrogens is 1. The number of hydrogen-bond donors (Lipinski definition) is 2. The third kappa shape index (κ3) is 4.10. The van der Waals surface area contributed by atoms with Crippen molar-refractivity contribution in [3.8, 4) is 11.4 Å². The average Bonchev–Trinajstić information content (AvgIpc) is 3.22. The van der Waals surface area contributed by atoms with Crippen LogP contribution in [0.2, 0.25) is 0 Å². The lowest BCUT2D eigenvalue weighted by atomic mass is 10.1. The van der Waals surface area contributed by atoms with E-state index >= 15 is 0 Å². The number of nitrogens with zero attached hydrogens (tertiary/aromatic N) is 2. The molecule has 1 amide bonds. The van der Waals surface area contributed by atoms with E-state index in [1.165, 1.54) is 5.56 Å². The lowest BCUT2D eigenvalue weighted by molar-refractivity contribution is -0.121. The van der Waals surface area contributed by atoms with Crippen LogP contribution in [0.1, 0.15) is 24.8 Å². The molecular weight excluding hydrogens is 324 g/mol. The summed E-state index contributed by atoms with van der Waals surface area (Å²) in [4.78, 5) is 12.1. The largest absolute Gasteiger partial charge is 0.376 e. The van der Waals surface area contributed by atoms with E-state index in [4.69, 9.17) is 17.0 Å². The summed E-state index contributed by atoms with van der Waals surface area (Å²) in [6.07, 6.45) is 2.61. The van der Waals surface area contributed by atoms with E-state index < -0.39 is 0 Å². The summed E-state index contributed by atoms with van der Waals surface area (Å²) in [6.45, 7) is 3.92. The van der Waals surface area contributed by atoms with Gasteiger partial charge in [-0.15, -0.1) is 0 Å². The summed E-state index contributed by atoms with van der Waals surface area (Å²) < 4.78 is 7.90. The van der Waals surface area contributed by atoms with E-state index in [2.05, 4.69) is 15.5 Å². The van der Waals surface area contributed by atoms with Crippen molar-refractivity contribution in [2.24, 2.45) is 0 Å². The Balaban J connectivity index is 1.60. The lowest BCUT2D eigenvalue weighted by Gasteiger charge is -2.11. The monoisotopic (exact) mass is 346 g/mol. The van der Waals surface area contributed by atoms with Crippen molar-refractivity contribution < 1.29 is 9.53 Å². The Labute approximate surface area is 146 Å². The molecule has 0 aliphatic carbocycles. The van der Waals surface area contributed by atoms with E-state index in [1.54, 1.807) is 0 Å². The van der Waals surface area contributed by atoms with Crippen molar-refractivity contribution in [1.82, 2.24) is 20.1 Å². The van der Waals surface area contributed by atoms with Crippen molar-refractivity contribution in [2.75, 3.05) is 13.2 Å². The molecule has 24 heavy (non-hydrogen) atoms. The van der Waals surface area contributed by atoms with Crippen LogP contribution in [0.3, 0.4) is 0 Å². The standard InChI is InChI=1S/C17H22N4O2S/c1-12-4-6-13(7-5-12)16-19-20-17(24)21(16)9-8-15(22)18-11-14-3-2-10-23-14/h4-7,14H,2-3,8-11H2,1H3,(H,18,22)(H,20,24)/t14-/m1/s1. The summed E-state index contributed by atoms with van der Waals surface area (Å²) in [6, 6.07) is 8.08. The SMILES string of the molecule is Cc1ccc(-c2n[nH]c(=S)n2CCC(=O)NC[C@H]2CCCO2)cc1. The molecule has 2 aromatic rings. The van der Waals surface area contributed by atoms with Crippen LogP contribution in [-0.2, 0) is 16.1 Å². The van der Waals surface area contributed by atoms with Crippen LogP contribution in [0.5, 0.6) is 0 Å². The van der Waals surface area contributed by atoms with Gasteiger partial charge in [0.25, 0.3) is 0 Å². The van der Waals surface area contributed by atoms with Crippen LogP contribution < -0.4 is 5.32 Å². The van der Waals surface area contributed by atoms with Gasteiger partial charge in [0.2, 0.25) is 5.91 Å². The second-order valence-electron chi connectivity index (χ2n) is 6.06. The van der Waals surface area contributed by atoms with E-state index in [1.807, 2.05) is 35.8 Å². The minimum atomic E-state index is 0.00320. The summed E-state index contributed by atoms with van der Waals surface area (Å²) in [7, 11) is 0. The van der Waals surface area contributed by atoms with Gasteiger partial charge in [-0.3, -0.25) is 14.5 Å². The number of aryl methyl sites for hydroxylation is 1. The molecule has 0 unspecified atom stereocenters. The van der Waals surface area contributed by atoms with Crippen LogP contribution in [0, 0.1) is 11.7 Å². The maximum Gasteiger partial charge on any atom is 0.221 e. The number of aromatic amines is 1. The maximum absolute atomic E-state index is 12.1. The first-order chi connectivity index (χ1) is 11.6. The zero-order chi connectivity index (χ0) is 16.9. The number of amides is 1. The first-order valence-electron chi connectivity index (χ1n) is 8.24. The Morgan fingerprint density at radius 1 is 1.46 bits per heavy atom. The normalized spacial score (nSPS) is 17.1. The highest BCUT2D eigenvalue weighted by Gasteiger charge is 2.16. The van der Waals surface area contributed by atoms with Crippen LogP contribution in [-0.4, -0.2) is 39.9 Å². The summed E-state index contributed by atoms with van der Waals surface area (Å²) in [5, 5.41) is 10.0. The van der Waals surface area contributed by atoms with Gasteiger partial charge in [0.1, 0.15) is 0 Å². The number of hydrogen-bond acceptors (Lipinski definition) is 4. The number of carbonyl (C=O) groups is 1. The highest BCUT2D eigenvalue weighted by molar-refractivity contribution is 7.71. The quantitative estimate of drug-likeness (QED) is 0.789. The second-order valence-corrected chi connectivity index (χ2v) is 6.45. The molecule has 0 saturated carbocycles. The number of rotatable bonds is 6. The van der Waals surface area contributed by atoms with E-state index in [0.717, 1.165) is 30.8 Å². The maximum atomic E-state index is 12.1. The van der Waals surface area contributed by atoms with E-state index in [9.17, 15) is 4.79 Å². The molecule has 2 heterocycles. The third-order valence-corrected chi connectivity index (χ3v) is 4.49. The molecule has 1 fully saturated rings. The lowest BCUT2D eigenvalue weighted by Crippen LogP contribution is -2.32. The molecule has 1 aliphatic rings. The molecule has 1 aliphatic heterocycles. The van der Waals surface area contributed by atoms with Gasteiger partial charge in [0.05, 0.1) is 6.10 Å². The zero-order valence-electron chi connectivity index (χ0n) is 13.7. The van der Waals surface area contributed by atoms with Crippen molar-refractivity contribution in [1.29, 1.82) is 0 Å². The molecule has 0 spiro atoms. The Kier molecular flexibility index (Phi) is 5.42. The van der Waals surface area contributed by atoms with Gasteiger partial charge in [-0.05, 0) is 32.0 Å². The first kappa shape index (κ1) is 16.9. The van der Waals surface area contributed by atoms with Gasteiger partial charge >= 0.3 is 0 Å². The Bertz CT molecular complexity index is 745. The minimum absolute atomic E-state index is 0.00320. The third-order valence-electron chi connectivity index (χ3n) is 4.18. The molecule has 3 rings (SSSR count). The van der Waals surface area contributed by atoms with Crippen molar-refractivity contribution in [2.45, 2.75) is 38.8 Å². The van der Waals surface area contributed by atoms with Crippen molar-refractivity contribution in [3.63, 3.8) is 0 Å². The van der Waals surface area contributed by atoms with Crippen molar-refractivity contribution in [3.05, 3.63) is 34.6 Å². The molecule has 1 atom stereocenters. The molecule has 0 radical (unpaired) electrons. The number of carbonyl (C=O) groups excluding carboxylic acids is 1. The fourth-order valence-electron chi connectivity index (χ4n) is 2.78. The minimum Gasteiger partial charge on any atom is -0.376 e. The van der Waals surface area contributed by atoms with Crippen molar-refractivity contribution >= 4 is 18.1 Å². The second kappa shape index (κ2) is 7.72. The number of aromatic nitrogens is 3. The number of nitrogens with one attached hydrogen (secondary N) is 2. The zero-order valence-corrected chi connectivity index (χ0v) is 14.6. The first-order valence-corrected chi connectivity index (χ1v) is 8.65. The molecule has 128 valence electrons. The predicted molar refractivity (Wildman–Crippen MR) is 94.2 cm³/mol. The smallest absolute Gasteiger partial charge is 0.221 e. The molecular formula is C17H22N4O2S. The Morgan fingerprint density at radius 2 is 2.25 bits per heavy atom. The van der Waals surface area contributed by atoms with Gasteiger partial charge < -0.3 is 10.1 Å². The molecule has 1 aromatic heterocycles. The molecule has 2 N–H and O–H groups in total. The molecule has 0 bridgehead atoms. The van der Waals surface area contributed by atoms with Gasteiger partial charge in [0, 0.05) is 31.7 Å². The van der Waals surface area contributed by atoms with Gasteiger partial charge in [-0.1, -0.05) is 29.8 Å². The van der Waals surface area contributed by atoms with Crippen LogP contribution in [0.15, 0.2) is 24.3 Å². The molecule has 6 nitrogen and oxygen atoms in total. The predicted octanol–water partition coefficient (Wildman–Crippen LogP) is 2.60. The van der Waals surface area contributed by atoms with E-state index in [0.29, 0.717) is 24.3 Å². The fourth-order valence-corrected chi connectivity index (χ4v) is 3.01. The summed E-state index contributed by atoms with van der Waals surface area (Å²) in [5.41, 5.74) is 2.17. The van der Waals surface area contributed by atoms with Gasteiger partial charge in [-0.2, -0.15) is 5.10 Å². The highest BCUT2D eigenvalue weighted by Crippen LogP contribution is 2.18. The fraction of sp³-hybridized carbons (Fsp3) is 0.471. The average molecular weight is 346 g/mol. The van der Waals surface area contributed by atoms with Gasteiger partial charge in [0.15, 0.2) is 10.6 Å². The Morgan fingerprint density at radius 3 is 2.96 bits per heavy atom. The molecule has 1 aromatic carbocycles. The highest BCUT2D eigenvalue weighted by atomic mass is 32.1. The van der Waals surface area contributed by atoms with E-state index in [-0.39, 0.29) is 12.0 Å². The van der Waals surface area contributed by atoms with Crippen LogP contribution in [0.4, 0.5) is 0 Å². The van der Waals surface area contributed by atoms with Gasteiger partial charge in [-0.25, -0.2) is 0 Å². The number of ether oxygens (including phenoxy) is 1. The van der Waals surface area contributed by atoms with Crippen LogP contribution >= 0.6 is 12.2 Å². The summed E-state index contributed by atoms with van der Waals surface area (Å²) in [5.74, 6) is 0.760. The summed E-state index contributed by atoms with van der Waals surface area (Å²) >= 11 is 5.30.